The van der Waals surface area contributed by atoms with Crippen LogP contribution in [-0.2, 0) is 15.1 Å². The van der Waals surface area contributed by atoms with Crippen LogP contribution in [0.4, 0.5) is 0 Å². The van der Waals surface area contributed by atoms with Gasteiger partial charge < -0.3 is 19.8 Å². The first-order valence-corrected chi connectivity index (χ1v) is 12.5. The summed E-state index contributed by atoms with van der Waals surface area (Å²) in [6.07, 6.45) is 3.09. The van der Waals surface area contributed by atoms with Crippen LogP contribution in [0.5, 0.6) is 0 Å². The molecule has 9 heteroatoms. The molecule has 3 aromatic rings. The van der Waals surface area contributed by atoms with E-state index in [4.69, 9.17) is 4.52 Å². The van der Waals surface area contributed by atoms with E-state index in [1.807, 2.05) is 57.2 Å². The van der Waals surface area contributed by atoms with Gasteiger partial charge in [0.05, 0.1) is 17.8 Å². The first-order valence-electron chi connectivity index (χ1n) is 12.5. The highest BCUT2D eigenvalue weighted by atomic mass is 16.5. The number of hydrogen-bond acceptors (Lipinski definition) is 7. The van der Waals surface area contributed by atoms with E-state index >= 15 is 0 Å². The molecule has 4 heterocycles. The molecule has 1 fully saturated rings. The zero-order valence-electron chi connectivity index (χ0n) is 21.4. The molecule has 9 nitrogen and oxygen atoms in total. The number of nitrogens with one attached hydrogen (secondary N) is 1. The number of aryl methyl sites for hydroxylation is 1. The minimum atomic E-state index is -1.08. The van der Waals surface area contributed by atoms with E-state index in [0.29, 0.717) is 23.7 Å². The number of carbonyl (C=O) groups is 2. The van der Waals surface area contributed by atoms with Gasteiger partial charge >= 0.3 is 0 Å². The molecule has 2 N–H and O–H groups in total. The third-order valence-corrected chi connectivity index (χ3v) is 7.25. The number of nitrogens with zero attached hydrogens (tertiary/aromatic N) is 4. The number of amides is 2. The number of carbonyl (C=O) groups excluding carboxylic acids is 2. The Morgan fingerprint density at radius 1 is 1.22 bits per heavy atom. The second-order valence-electron chi connectivity index (χ2n) is 10.4. The summed E-state index contributed by atoms with van der Waals surface area (Å²) in [5.74, 6) is -0.241. The third-order valence-electron chi connectivity index (χ3n) is 7.25. The fraction of sp³-hybridized carbons (Fsp3) is 0.393. The summed E-state index contributed by atoms with van der Waals surface area (Å²) in [4.78, 5) is 37.1. The Balaban J connectivity index is 1.39. The lowest BCUT2D eigenvalue weighted by molar-refractivity contribution is -0.134. The van der Waals surface area contributed by atoms with Gasteiger partial charge in [-0.15, -0.1) is 0 Å². The van der Waals surface area contributed by atoms with Crippen LogP contribution in [0.2, 0.25) is 0 Å². The van der Waals surface area contributed by atoms with E-state index in [2.05, 4.69) is 20.4 Å². The fourth-order valence-electron chi connectivity index (χ4n) is 5.20. The Hall–Kier alpha value is -3.85. The second-order valence-corrected chi connectivity index (χ2v) is 10.4. The summed E-state index contributed by atoms with van der Waals surface area (Å²) in [5, 5.41) is 17.8. The zero-order chi connectivity index (χ0) is 26.3. The van der Waals surface area contributed by atoms with Crippen LogP contribution in [0.1, 0.15) is 50.1 Å². The highest BCUT2D eigenvalue weighted by Crippen LogP contribution is 2.34. The molecule has 37 heavy (non-hydrogen) atoms. The minimum Gasteiger partial charge on any atom is -0.391 e. The molecule has 5 rings (SSSR count). The van der Waals surface area contributed by atoms with Crippen molar-refractivity contribution in [1.29, 1.82) is 0 Å². The predicted octanol–water partition coefficient (Wildman–Crippen LogP) is 3.19. The topological polar surface area (TPSA) is 121 Å². The molecular formula is C28H31N5O4. The Morgan fingerprint density at radius 2 is 1.97 bits per heavy atom. The van der Waals surface area contributed by atoms with Crippen LogP contribution in [0, 0.1) is 12.8 Å². The molecule has 1 saturated heterocycles. The van der Waals surface area contributed by atoms with Gasteiger partial charge in [0.15, 0.2) is 0 Å². The van der Waals surface area contributed by atoms with E-state index in [1.165, 1.54) is 0 Å². The van der Waals surface area contributed by atoms with Gasteiger partial charge in [0.1, 0.15) is 23.1 Å². The first-order chi connectivity index (χ1) is 17.7. The number of aromatic nitrogens is 2. The van der Waals surface area contributed by atoms with Gasteiger partial charge in [0.25, 0.3) is 5.91 Å². The van der Waals surface area contributed by atoms with Crippen molar-refractivity contribution in [2.24, 2.45) is 10.9 Å². The Bertz CT molecular complexity index is 1330. The highest BCUT2D eigenvalue weighted by Gasteiger charge is 2.48. The number of aliphatic imine (C=N–C) groups is 1. The molecule has 2 aliphatic heterocycles. The Kier molecular flexibility index (Phi) is 6.41. The maximum absolute atomic E-state index is 13.7. The van der Waals surface area contributed by atoms with E-state index in [1.54, 1.807) is 30.3 Å². The van der Waals surface area contributed by atoms with Crippen molar-refractivity contribution in [3.8, 4) is 11.1 Å². The van der Waals surface area contributed by atoms with Crippen LogP contribution in [0.15, 0.2) is 64.4 Å². The molecule has 2 aromatic heterocycles. The van der Waals surface area contributed by atoms with Crippen molar-refractivity contribution in [3.63, 3.8) is 0 Å². The average Bonchev–Trinajstić information content (AvgIpc) is 3.57. The average molecular weight is 502 g/mol. The molecule has 2 aliphatic rings. The number of rotatable bonds is 6. The second kappa shape index (κ2) is 9.55. The number of hydrogen-bond donors (Lipinski definition) is 2. The maximum atomic E-state index is 13.7. The molecule has 4 atom stereocenters. The summed E-state index contributed by atoms with van der Waals surface area (Å²) in [6.45, 7) is 7.65. The number of pyridine rings is 1. The van der Waals surface area contributed by atoms with Crippen LogP contribution < -0.4 is 5.32 Å². The molecule has 0 aliphatic carbocycles. The smallest absolute Gasteiger partial charge is 0.277 e. The summed E-state index contributed by atoms with van der Waals surface area (Å²) >= 11 is 0. The number of benzene rings is 1. The molecule has 0 spiro atoms. The number of aliphatic hydroxyl groups excluding tert-OH is 1. The van der Waals surface area contributed by atoms with Crippen molar-refractivity contribution in [1.82, 2.24) is 20.4 Å². The van der Waals surface area contributed by atoms with E-state index < -0.39 is 23.6 Å². The molecule has 0 unspecified atom stereocenters. The lowest BCUT2D eigenvalue weighted by atomic mass is 9.90. The Labute approximate surface area is 215 Å². The standard InChI is InChI=1S/C28H31N5O4/c1-16(2)24(23-12-17(3)32-37-23)26(35)33-15-21(34)13-22(33)25-30-27(36)28(4,31-25)20-9-7-18(8-10-20)19-6-5-11-29-14-19/h5-12,14,16,21-22,24,34H,13,15H2,1-4H3,(H,30,31,36)/t21-,22+,24+,28+/m1/s1. The van der Waals surface area contributed by atoms with Crippen LogP contribution >= 0.6 is 0 Å². The monoisotopic (exact) mass is 501 g/mol. The summed E-state index contributed by atoms with van der Waals surface area (Å²) in [6, 6.07) is 12.8. The first kappa shape index (κ1) is 24.8. The lowest BCUT2D eigenvalue weighted by Crippen LogP contribution is -2.51. The molecule has 192 valence electrons. The lowest BCUT2D eigenvalue weighted by Gasteiger charge is -2.31. The van der Waals surface area contributed by atoms with Crippen molar-refractivity contribution in [2.75, 3.05) is 6.54 Å². The van der Waals surface area contributed by atoms with E-state index in [-0.39, 0.29) is 24.3 Å². The van der Waals surface area contributed by atoms with Gasteiger partial charge in [-0.25, -0.2) is 0 Å². The van der Waals surface area contributed by atoms with Crippen molar-refractivity contribution < 1.29 is 19.2 Å². The summed E-state index contributed by atoms with van der Waals surface area (Å²) in [7, 11) is 0. The number of amidine groups is 1. The van der Waals surface area contributed by atoms with Crippen molar-refractivity contribution >= 4 is 17.6 Å². The number of aliphatic hydroxyl groups is 1. The molecule has 2 amide bonds. The molecule has 0 bridgehead atoms. The highest BCUT2D eigenvalue weighted by molar-refractivity contribution is 6.09. The number of likely N-dealkylation sites (tertiary alicyclic amines) is 1. The molecular weight excluding hydrogens is 470 g/mol. The Morgan fingerprint density at radius 3 is 2.59 bits per heavy atom. The van der Waals surface area contributed by atoms with E-state index in [9.17, 15) is 14.7 Å². The van der Waals surface area contributed by atoms with E-state index in [0.717, 1.165) is 16.7 Å². The van der Waals surface area contributed by atoms with Crippen LogP contribution in [0.25, 0.3) is 11.1 Å². The zero-order valence-corrected chi connectivity index (χ0v) is 21.4. The molecule has 1 aromatic carbocycles. The van der Waals surface area contributed by atoms with Gasteiger partial charge in [0, 0.05) is 31.4 Å². The van der Waals surface area contributed by atoms with Gasteiger partial charge in [-0.3, -0.25) is 14.6 Å². The van der Waals surface area contributed by atoms with Gasteiger partial charge in [-0.05, 0) is 42.5 Å². The molecule has 0 radical (unpaired) electrons. The normalized spacial score (nSPS) is 24.3. The summed E-state index contributed by atoms with van der Waals surface area (Å²) in [5.41, 5.74) is 2.36. The SMILES string of the molecule is Cc1cc([C@@H](C(=O)N2C[C@H](O)C[C@H]2C2=NC(=O)[C@](C)(c3ccc(-c4cccnc4)cc3)N2)C(C)C)on1. The quantitative estimate of drug-likeness (QED) is 0.532. The van der Waals surface area contributed by atoms with Gasteiger partial charge in [-0.2, -0.15) is 4.99 Å². The largest absolute Gasteiger partial charge is 0.391 e. The van der Waals surface area contributed by atoms with Crippen molar-refractivity contribution in [2.45, 2.75) is 57.7 Å². The third kappa shape index (κ3) is 4.55. The van der Waals surface area contributed by atoms with Gasteiger partial charge in [0.2, 0.25) is 5.91 Å². The molecule has 0 saturated carbocycles. The van der Waals surface area contributed by atoms with Crippen LogP contribution in [-0.4, -0.2) is 56.5 Å². The maximum Gasteiger partial charge on any atom is 0.277 e. The minimum absolute atomic E-state index is 0.0538. The predicted molar refractivity (Wildman–Crippen MR) is 138 cm³/mol. The number of β-amino-alcohol motifs (C(OH)–C–C–N with tert-alkyl or cyclic N) is 1. The van der Waals surface area contributed by atoms with Gasteiger partial charge in [-0.1, -0.05) is 49.3 Å². The fourth-order valence-corrected chi connectivity index (χ4v) is 5.20. The van der Waals surface area contributed by atoms with Crippen molar-refractivity contribution in [3.05, 3.63) is 71.9 Å². The summed E-state index contributed by atoms with van der Waals surface area (Å²) < 4.78 is 5.44. The van der Waals surface area contributed by atoms with Crippen LogP contribution in [0.3, 0.4) is 0 Å².